The Labute approximate surface area is 67.6 Å². The zero-order valence-corrected chi connectivity index (χ0v) is 7.83. The summed E-state index contributed by atoms with van der Waals surface area (Å²) in [6.07, 6.45) is 1.00. The maximum atomic E-state index is 3.49. The molecule has 0 aromatic carbocycles. The summed E-state index contributed by atoms with van der Waals surface area (Å²) in [5, 5.41) is 0. The molecule has 0 rings (SSSR count). The molecular formula is C5H13Y. The van der Waals surface area contributed by atoms with Gasteiger partial charge in [0.25, 0.3) is 0 Å². The third-order valence-electron chi connectivity index (χ3n) is 0. The second kappa shape index (κ2) is 35.9. The first-order valence-corrected chi connectivity index (χ1v) is 1.21. The maximum absolute atomic E-state index is 3.49. The summed E-state index contributed by atoms with van der Waals surface area (Å²) in [6, 6.07) is 0. The Morgan fingerprint density at radius 1 is 1.33 bits per heavy atom. The molecule has 0 spiro atoms. The quantitative estimate of drug-likeness (QED) is 0.478. The standard InChI is InChI=1S/C3H7.2CH3.Y/c1-3-2;;;/h1,3H2,2H3;2*1H3;/q3*-1;+3. The molecule has 0 aliphatic rings. The fourth-order valence-electron chi connectivity index (χ4n) is 0. The topological polar surface area (TPSA) is 0 Å². The van der Waals surface area contributed by atoms with Crippen molar-refractivity contribution in [3.8, 4) is 0 Å². The molecule has 0 saturated heterocycles. The van der Waals surface area contributed by atoms with Crippen molar-refractivity contribution in [3.63, 3.8) is 0 Å². The first kappa shape index (κ1) is 27.5. The van der Waals surface area contributed by atoms with Crippen molar-refractivity contribution in [3.05, 3.63) is 21.8 Å². The third kappa shape index (κ3) is 70.5. The minimum Gasteiger partial charge on any atom is -0.358 e. The molecule has 0 aromatic heterocycles. The first-order chi connectivity index (χ1) is 1.41. The normalized spacial score (nSPS) is 3.00. The molecular weight excluding hydrogens is 149 g/mol. The van der Waals surface area contributed by atoms with Gasteiger partial charge in [-0.1, -0.05) is 6.92 Å². The van der Waals surface area contributed by atoms with Crippen molar-refractivity contribution in [1.82, 2.24) is 0 Å². The van der Waals surface area contributed by atoms with Crippen LogP contribution in [-0.4, -0.2) is 0 Å². The molecule has 0 atom stereocenters. The van der Waals surface area contributed by atoms with Gasteiger partial charge in [0.05, 0.1) is 0 Å². The van der Waals surface area contributed by atoms with Gasteiger partial charge in [-0.05, 0) is 0 Å². The van der Waals surface area contributed by atoms with Gasteiger partial charge in [-0.2, -0.15) is 6.42 Å². The van der Waals surface area contributed by atoms with Crippen LogP contribution < -0.4 is 0 Å². The molecule has 0 fully saturated rings. The summed E-state index contributed by atoms with van der Waals surface area (Å²) in [5.74, 6) is 0. The minimum atomic E-state index is 0. The van der Waals surface area contributed by atoms with E-state index in [2.05, 4.69) is 6.92 Å². The summed E-state index contributed by atoms with van der Waals surface area (Å²) in [7, 11) is 0. The summed E-state index contributed by atoms with van der Waals surface area (Å²) in [5.41, 5.74) is 0. The molecule has 6 heavy (non-hydrogen) atoms. The van der Waals surface area contributed by atoms with E-state index < -0.39 is 0 Å². The van der Waals surface area contributed by atoms with E-state index in [0.717, 1.165) is 6.42 Å². The van der Waals surface area contributed by atoms with Gasteiger partial charge >= 0.3 is 32.7 Å². The van der Waals surface area contributed by atoms with Crippen LogP contribution in [0.5, 0.6) is 0 Å². The molecule has 0 nitrogen and oxygen atoms in total. The Morgan fingerprint density at radius 2 is 1.33 bits per heavy atom. The third-order valence-corrected chi connectivity index (χ3v) is 0. The van der Waals surface area contributed by atoms with Crippen LogP contribution in [0.25, 0.3) is 0 Å². The van der Waals surface area contributed by atoms with Gasteiger partial charge in [-0.15, -0.1) is 0 Å². The van der Waals surface area contributed by atoms with E-state index in [1.807, 2.05) is 6.92 Å². The molecule has 0 unspecified atom stereocenters. The van der Waals surface area contributed by atoms with Crippen molar-refractivity contribution in [2.24, 2.45) is 0 Å². The van der Waals surface area contributed by atoms with Crippen molar-refractivity contribution in [2.75, 3.05) is 0 Å². The molecule has 0 aromatic rings. The average molecular weight is 162 g/mol. The fourth-order valence-corrected chi connectivity index (χ4v) is 0. The Hall–Kier alpha value is 1.10. The second-order valence-electron chi connectivity index (χ2n) is 0.500. The molecule has 0 saturated carbocycles. The predicted octanol–water partition coefficient (Wildman–Crippen LogP) is 2.13. The van der Waals surface area contributed by atoms with E-state index in [4.69, 9.17) is 0 Å². The van der Waals surface area contributed by atoms with Crippen LogP contribution in [-0.2, 0) is 32.7 Å². The van der Waals surface area contributed by atoms with Gasteiger partial charge in [0.1, 0.15) is 0 Å². The van der Waals surface area contributed by atoms with Crippen LogP contribution in [0.2, 0.25) is 0 Å². The van der Waals surface area contributed by atoms with E-state index in [9.17, 15) is 0 Å². The van der Waals surface area contributed by atoms with Gasteiger partial charge in [0.15, 0.2) is 0 Å². The molecule has 0 bridgehead atoms. The van der Waals surface area contributed by atoms with E-state index >= 15 is 0 Å². The molecule has 0 aliphatic carbocycles. The number of hydrogen-bond donors (Lipinski definition) is 0. The summed E-state index contributed by atoms with van der Waals surface area (Å²) in [4.78, 5) is 0. The Balaban J connectivity index is -0.00000000667. The summed E-state index contributed by atoms with van der Waals surface area (Å²) in [6.45, 7) is 5.50. The van der Waals surface area contributed by atoms with Crippen molar-refractivity contribution >= 4 is 0 Å². The van der Waals surface area contributed by atoms with Crippen LogP contribution in [0.4, 0.5) is 0 Å². The fraction of sp³-hybridized carbons (Fsp3) is 0.400. The van der Waals surface area contributed by atoms with Crippen LogP contribution in [0, 0.1) is 21.8 Å². The second-order valence-corrected chi connectivity index (χ2v) is 0.500. The molecule has 1 heteroatoms. The van der Waals surface area contributed by atoms with Gasteiger partial charge in [0.2, 0.25) is 0 Å². The van der Waals surface area contributed by atoms with E-state index in [1.54, 1.807) is 0 Å². The molecule has 0 amide bonds. The van der Waals surface area contributed by atoms with Crippen LogP contribution in [0.1, 0.15) is 13.3 Å². The smallest absolute Gasteiger partial charge is 0.358 e. The van der Waals surface area contributed by atoms with E-state index in [1.165, 1.54) is 0 Å². The van der Waals surface area contributed by atoms with Crippen molar-refractivity contribution in [2.45, 2.75) is 13.3 Å². The van der Waals surface area contributed by atoms with Gasteiger partial charge in [-0.25, -0.2) is 0 Å². The Kier molecular flexibility index (Phi) is 164. The Bertz CT molecular complexity index is 3.90. The number of hydrogen-bond acceptors (Lipinski definition) is 0. The van der Waals surface area contributed by atoms with Gasteiger partial charge in [0, 0.05) is 0 Å². The Morgan fingerprint density at radius 3 is 1.33 bits per heavy atom. The molecule has 0 heterocycles. The summed E-state index contributed by atoms with van der Waals surface area (Å²) >= 11 is 0. The summed E-state index contributed by atoms with van der Waals surface area (Å²) < 4.78 is 0. The molecule has 0 aliphatic heterocycles. The zero-order chi connectivity index (χ0) is 2.71. The number of rotatable bonds is 0. The van der Waals surface area contributed by atoms with Crippen molar-refractivity contribution < 1.29 is 32.7 Å². The van der Waals surface area contributed by atoms with Crippen LogP contribution >= 0.6 is 0 Å². The molecule has 0 N–H and O–H groups in total. The van der Waals surface area contributed by atoms with E-state index in [-0.39, 0.29) is 47.6 Å². The monoisotopic (exact) mass is 162 g/mol. The van der Waals surface area contributed by atoms with Crippen LogP contribution in [0.15, 0.2) is 0 Å². The largest absolute Gasteiger partial charge is 3.00 e. The minimum absolute atomic E-state index is 0. The van der Waals surface area contributed by atoms with E-state index in [0.29, 0.717) is 0 Å². The maximum Gasteiger partial charge on any atom is 3.00 e. The van der Waals surface area contributed by atoms with Crippen molar-refractivity contribution in [1.29, 1.82) is 0 Å². The molecule has 0 radical (unpaired) electrons. The molecule has 36 valence electrons. The van der Waals surface area contributed by atoms with Crippen LogP contribution in [0.3, 0.4) is 0 Å². The predicted molar refractivity (Wildman–Crippen MR) is 28.5 cm³/mol. The average Bonchev–Trinajstić information content (AvgIpc) is 0.918. The van der Waals surface area contributed by atoms with Gasteiger partial charge in [-0.3, -0.25) is 0 Å². The first-order valence-electron chi connectivity index (χ1n) is 1.21. The zero-order valence-electron chi connectivity index (χ0n) is 4.99. The van der Waals surface area contributed by atoms with Gasteiger partial charge < -0.3 is 21.8 Å². The SMILES string of the molecule is [CH2-]CC.[CH3-].[CH3-].[Y+3].